The fourth-order valence-corrected chi connectivity index (χ4v) is 2.69. The molecule has 0 saturated heterocycles. The number of nitrogens with zero attached hydrogens (tertiary/aromatic N) is 1. The van der Waals surface area contributed by atoms with Crippen LogP contribution in [-0.4, -0.2) is 40.1 Å². The Labute approximate surface area is 129 Å². The minimum atomic E-state index is -3.79. The van der Waals surface area contributed by atoms with Crippen LogP contribution in [0.5, 0.6) is 5.75 Å². The van der Waals surface area contributed by atoms with E-state index in [2.05, 4.69) is 10.0 Å². The van der Waals surface area contributed by atoms with Crippen molar-refractivity contribution in [3.8, 4) is 5.75 Å². The molecule has 0 radical (unpaired) electrons. The van der Waals surface area contributed by atoms with E-state index in [1.54, 1.807) is 7.05 Å². The van der Waals surface area contributed by atoms with Crippen LogP contribution in [0.25, 0.3) is 0 Å². The summed E-state index contributed by atoms with van der Waals surface area (Å²) in [5.41, 5.74) is -0.232. The van der Waals surface area contributed by atoms with Gasteiger partial charge < -0.3 is 10.1 Å². The minimum absolute atomic E-state index is 0. The first-order valence-electron chi connectivity index (χ1n) is 5.81. The molecular formula is C11H18ClN3O5S. The van der Waals surface area contributed by atoms with Crippen molar-refractivity contribution < 1.29 is 18.1 Å². The lowest BCUT2D eigenvalue weighted by atomic mass is 10.3. The van der Waals surface area contributed by atoms with Gasteiger partial charge in [-0.05, 0) is 20.0 Å². The van der Waals surface area contributed by atoms with Crippen molar-refractivity contribution >= 4 is 28.1 Å². The van der Waals surface area contributed by atoms with E-state index in [0.717, 1.165) is 18.2 Å². The van der Waals surface area contributed by atoms with Crippen LogP contribution in [0.15, 0.2) is 23.1 Å². The highest BCUT2D eigenvalue weighted by atomic mass is 35.5. The number of nitro benzene ring substituents is 1. The monoisotopic (exact) mass is 339 g/mol. The zero-order chi connectivity index (χ0) is 15.3. The van der Waals surface area contributed by atoms with Gasteiger partial charge in [0.25, 0.3) is 5.69 Å². The van der Waals surface area contributed by atoms with Crippen LogP contribution in [-0.2, 0) is 10.0 Å². The van der Waals surface area contributed by atoms with Gasteiger partial charge in [0.15, 0.2) is 0 Å². The summed E-state index contributed by atoms with van der Waals surface area (Å²) in [6.45, 7) is 2.01. The first kappa shape index (κ1) is 19.6. The zero-order valence-electron chi connectivity index (χ0n) is 11.8. The zero-order valence-corrected chi connectivity index (χ0v) is 13.5. The molecule has 0 aliphatic carbocycles. The molecule has 0 aliphatic rings. The topological polar surface area (TPSA) is 111 Å². The van der Waals surface area contributed by atoms with E-state index < -0.39 is 14.9 Å². The van der Waals surface area contributed by atoms with Gasteiger partial charge in [0, 0.05) is 18.7 Å². The first-order chi connectivity index (χ1) is 9.31. The fourth-order valence-electron chi connectivity index (χ4n) is 1.41. The molecule has 10 heteroatoms. The Bertz CT molecular complexity index is 594. The van der Waals surface area contributed by atoms with Crippen molar-refractivity contribution in [1.82, 2.24) is 10.0 Å². The van der Waals surface area contributed by atoms with Gasteiger partial charge in [-0.25, -0.2) is 13.1 Å². The summed E-state index contributed by atoms with van der Waals surface area (Å²) in [7, 11) is -0.816. The Morgan fingerprint density at radius 1 is 1.43 bits per heavy atom. The van der Waals surface area contributed by atoms with E-state index in [9.17, 15) is 18.5 Å². The molecule has 0 amide bonds. The smallest absolute Gasteiger partial charge is 0.273 e. The number of benzene rings is 1. The number of halogens is 1. The summed E-state index contributed by atoms with van der Waals surface area (Å²) in [6, 6.07) is 3.31. The SMILES string of the molecule is CNC(C)CNS(=O)(=O)c1ccc([N+](=O)[O-])cc1OC.Cl. The normalized spacial score (nSPS) is 12.3. The van der Waals surface area contributed by atoms with E-state index in [4.69, 9.17) is 4.74 Å². The molecule has 2 N–H and O–H groups in total. The second-order valence-electron chi connectivity index (χ2n) is 4.13. The van der Waals surface area contributed by atoms with Crippen LogP contribution in [0.2, 0.25) is 0 Å². The standard InChI is InChI=1S/C11H17N3O5S.ClH/c1-8(12-2)7-13-20(17,18)11-5-4-9(14(15)16)6-10(11)19-3;/h4-6,8,12-13H,7H2,1-3H3;1H. The highest BCUT2D eigenvalue weighted by molar-refractivity contribution is 7.89. The number of nitro groups is 1. The number of nitrogens with one attached hydrogen (secondary N) is 2. The molecule has 0 spiro atoms. The highest BCUT2D eigenvalue weighted by Gasteiger charge is 2.22. The van der Waals surface area contributed by atoms with Crippen molar-refractivity contribution in [2.24, 2.45) is 0 Å². The molecule has 1 aromatic rings. The largest absolute Gasteiger partial charge is 0.495 e. The van der Waals surface area contributed by atoms with Gasteiger partial charge in [0.1, 0.15) is 10.6 Å². The quantitative estimate of drug-likeness (QED) is 0.564. The van der Waals surface area contributed by atoms with Gasteiger partial charge >= 0.3 is 0 Å². The van der Waals surface area contributed by atoms with Crippen LogP contribution < -0.4 is 14.8 Å². The maximum Gasteiger partial charge on any atom is 0.273 e. The lowest BCUT2D eigenvalue weighted by Gasteiger charge is -2.13. The molecule has 21 heavy (non-hydrogen) atoms. The first-order valence-corrected chi connectivity index (χ1v) is 7.29. The number of rotatable bonds is 7. The number of hydrogen-bond acceptors (Lipinski definition) is 6. The maximum absolute atomic E-state index is 12.1. The van der Waals surface area contributed by atoms with Crippen LogP contribution in [0.3, 0.4) is 0 Å². The summed E-state index contributed by atoms with van der Waals surface area (Å²) in [5, 5.41) is 13.6. The molecule has 8 nitrogen and oxygen atoms in total. The van der Waals surface area contributed by atoms with Gasteiger partial charge in [0.2, 0.25) is 10.0 Å². The molecule has 0 bridgehead atoms. The van der Waals surface area contributed by atoms with Gasteiger partial charge in [-0.1, -0.05) is 0 Å². The second kappa shape index (κ2) is 8.13. The molecule has 0 heterocycles. The Hall–Kier alpha value is -1.42. The Kier molecular flexibility index (Phi) is 7.58. The Balaban J connectivity index is 0.00000400. The number of non-ortho nitro benzene ring substituents is 1. The van der Waals surface area contributed by atoms with E-state index in [1.165, 1.54) is 7.11 Å². The lowest BCUT2D eigenvalue weighted by molar-refractivity contribution is -0.385. The third-order valence-electron chi connectivity index (χ3n) is 2.72. The Morgan fingerprint density at radius 3 is 2.52 bits per heavy atom. The number of likely N-dealkylation sites (N-methyl/N-ethyl adjacent to an activating group) is 1. The molecule has 0 saturated carbocycles. The summed E-state index contributed by atoms with van der Waals surface area (Å²) in [4.78, 5) is 9.91. The molecule has 1 atom stereocenters. The molecule has 0 aromatic heterocycles. The molecule has 0 fully saturated rings. The van der Waals surface area contributed by atoms with Crippen LogP contribution in [0.1, 0.15) is 6.92 Å². The van der Waals surface area contributed by atoms with E-state index >= 15 is 0 Å². The molecule has 1 aromatic carbocycles. The summed E-state index contributed by atoms with van der Waals surface area (Å²) < 4.78 is 31.6. The van der Waals surface area contributed by atoms with Gasteiger partial charge in [-0.15, -0.1) is 12.4 Å². The number of methoxy groups -OCH3 is 1. The Morgan fingerprint density at radius 2 is 2.05 bits per heavy atom. The van der Waals surface area contributed by atoms with E-state index in [0.29, 0.717) is 0 Å². The molecule has 0 aliphatic heterocycles. The van der Waals surface area contributed by atoms with Crippen LogP contribution in [0.4, 0.5) is 5.69 Å². The summed E-state index contributed by atoms with van der Waals surface area (Å²) in [5.74, 6) is -0.0659. The summed E-state index contributed by atoms with van der Waals surface area (Å²) in [6.07, 6.45) is 0. The average molecular weight is 340 g/mol. The molecule has 120 valence electrons. The molecule has 1 unspecified atom stereocenters. The summed E-state index contributed by atoms with van der Waals surface area (Å²) >= 11 is 0. The third-order valence-corrected chi connectivity index (χ3v) is 4.18. The average Bonchev–Trinajstić information content (AvgIpc) is 2.43. The van der Waals surface area contributed by atoms with Crippen LogP contribution >= 0.6 is 12.4 Å². The van der Waals surface area contributed by atoms with E-state index in [-0.39, 0.29) is 41.3 Å². The third kappa shape index (κ3) is 5.12. The van der Waals surface area contributed by atoms with Gasteiger partial charge in [0.05, 0.1) is 18.1 Å². The van der Waals surface area contributed by atoms with Crippen molar-refractivity contribution in [3.63, 3.8) is 0 Å². The fraction of sp³-hybridized carbons (Fsp3) is 0.455. The molecular weight excluding hydrogens is 322 g/mol. The van der Waals surface area contributed by atoms with Crippen molar-refractivity contribution in [1.29, 1.82) is 0 Å². The van der Waals surface area contributed by atoms with Crippen LogP contribution in [0, 0.1) is 10.1 Å². The number of sulfonamides is 1. The minimum Gasteiger partial charge on any atom is -0.495 e. The lowest BCUT2D eigenvalue weighted by Crippen LogP contribution is -2.37. The molecule has 1 rings (SSSR count). The van der Waals surface area contributed by atoms with Gasteiger partial charge in [-0.2, -0.15) is 0 Å². The number of ether oxygens (including phenoxy) is 1. The maximum atomic E-state index is 12.1. The van der Waals surface area contributed by atoms with Crippen molar-refractivity contribution in [2.75, 3.05) is 20.7 Å². The van der Waals surface area contributed by atoms with Crippen molar-refractivity contribution in [3.05, 3.63) is 28.3 Å². The van der Waals surface area contributed by atoms with Crippen molar-refractivity contribution in [2.45, 2.75) is 17.9 Å². The number of hydrogen-bond donors (Lipinski definition) is 2. The van der Waals surface area contributed by atoms with E-state index in [1.807, 2.05) is 6.92 Å². The predicted molar refractivity (Wildman–Crippen MR) is 80.6 cm³/mol. The second-order valence-corrected chi connectivity index (χ2v) is 5.87. The highest BCUT2D eigenvalue weighted by Crippen LogP contribution is 2.28. The van der Waals surface area contributed by atoms with Gasteiger partial charge in [-0.3, -0.25) is 10.1 Å². The predicted octanol–water partition coefficient (Wildman–Crippen LogP) is 0.911.